The van der Waals surface area contributed by atoms with Crippen LogP contribution in [-0.4, -0.2) is 41.4 Å². The number of benzene rings is 2. The van der Waals surface area contributed by atoms with Crippen LogP contribution in [0.3, 0.4) is 0 Å². The number of nitrogens with one attached hydrogen (secondary N) is 2. The molecule has 0 aliphatic carbocycles. The standard InChI is InChI=1S/C20H23N5O4.ClH/c21-20(22)23-12-6-11-16(25-17(26)13-7-2-1-3-8-13)18(27)24-15-10-5-4-9-14(15)19(28)29;/h1-5,7-10,16H,6,11-12H2,(H,24,27)(H,25,26)(H,28,29)(H4,21,22,23);1H/t16-;/m0./s1. The Kier molecular flexibility index (Phi) is 9.84. The van der Waals surface area contributed by atoms with E-state index in [1.807, 2.05) is 0 Å². The minimum Gasteiger partial charge on any atom is -0.478 e. The maximum absolute atomic E-state index is 12.8. The van der Waals surface area contributed by atoms with E-state index < -0.39 is 23.8 Å². The summed E-state index contributed by atoms with van der Waals surface area (Å²) in [5.74, 6) is -2.18. The Bertz CT molecular complexity index is 901. The molecule has 0 heterocycles. The number of rotatable bonds is 9. The summed E-state index contributed by atoms with van der Waals surface area (Å²) >= 11 is 0. The number of guanidine groups is 1. The lowest BCUT2D eigenvalue weighted by Crippen LogP contribution is -2.44. The molecule has 160 valence electrons. The summed E-state index contributed by atoms with van der Waals surface area (Å²) in [5.41, 5.74) is 11.1. The molecule has 0 aliphatic heterocycles. The number of aliphatic imine (C=N–C) groups is 1. The van der Waals surface area contributed by atoms with Crippen molar-refractivity contribution in [2.45, 2.75) is 18.9 Å². The normalized spacial score (nSPS) is 10.8. The molecule has 0 aliphatic rings. The van der Waals surface area contributed by atoms with Crippen LogP contribution in [0.25, 0.3) is 0 Å². The van der Waals surface area contributed by atoms with Crippen molar-refractivity contribution < 1.29 is 19.5 Å². The number of hydrogen-bond donors (Lipinski definition) is 5. The molecule has 0 aromatic heterocycles. The van der Waals surface area contributed by atoms with E-state index in [4.69, 9.17) is 11.5 Å². The lowest BCUT2D eigenvalue weighted by Gasteiger charge is -2.19. The molecule has 10 heteroatoms. The van der Waals surface area contributed by atoms with E-state index in [0.29, 0.717) is 18.5 Å². The van der Waals surface area contributed by atoms with Crippen LogP contribution >= 0.6 is 12.4 Å². The molecule has 0 saturated heterocycles. The van der Waals surface area contributed by atoms with E-state index in [0.717, 1.165) is 0 Å². The van der Waals surface area contributed by atoms with Crippen LogP contribution in [-0.2, 0) is 4.79 Å². The molecule has 9 nitrogen and oxygen atoms in total. The van der Waals surface area contributed by atoms with Crippen molar-refractivity contribution in [3.05, 3.63) is 65.7 Å². The first-order valence-electron chi connectivity index (χ1n) is 8.93. The smallest absolute Gasteiger partial charge is 0.337 e. The van der Waals surface area contributed by atoms with E-state index in [-0.39, 0.29) is 36.0 Å². The minimum atomic E-state index is -1.17. The maximum atomic E-state index is 12.8. The van der Waals surface area contributed by atoms with E-state index in [9.17, 15) is 19.5 Å². The fourth-order valence-electron chi connectivity index (χ4n) is 2.60. The number of amides is 2. The highest BCUT2D eigenvalue weighted by atomic mass is 35.5. The van der Waals surface area contributed by atoms with Crippen LogP contribution in [0.5, 0.6) is 0 Å². The monoisotopic (exact) mass is 433 g/mol. The summed E-state index contributed by atoms with van der Waals surface area (Å²) in [6.07, 6.45) is 0.696. The molecule has 30 heavy (non-hydrogen) atoms. The molecular weight excluding hydrogens is 410 g/mol. The fraction of sp³-hybridized carbons (Fsp3) is 0.200. The Labute approximate surface area is 180 Å². The van der Waals surface area contributed by atoms with Gasteiger partial charge in [0.15, 0.2) is 5.96 Å². The third-order valence-electron chi connectivity index (χ3n) is 4.02. The zero-order valence-corrected chi connectivity index (χ0v) is 16.9. The summed E-state index contributed by atoms with van der Waals surface area (Å²) in [6.45, 7) is 0.291. The number of hydrogen-bond acceptors (Lipinski definition) is 4. The Balaban J connectivity index is 0.00000450. The van der Waals surface area contributed by atoms with Crippen molar-refractivity contribution in [3.8, 4) is 0 Å². The third-order valence-corrected chi connectivity index (χ3v) is 4.02. The lowest BCUT2D eigenvalue weighted by atomic mass is 10.1. The van der Waals surface area contributed by atoms with Gasteiger partial charge in [0.25, 0.3) is 5.91 Å². The van der Waals surface area contributed by atoms with Gasteiger partial charge >= 0.3 is 5.97 Å². The van der Waals surface area contributed by atoms with Gasteiger partial charge < -0.3 is 27.2 Å². The zero-order chi connectivity index (χ0) is 21.2. The first-order chi connectivity index (χ1) is 13.9. The van der Waals surface area contributed by atoms with Crippen LogP contribution in [0.2, 0.25) is 0 Å². The second-order valence-corrected chi connectivity index (χ2v) is 6.18. The Morgan fingerprint density at radius 1 is 1.00 bits per heavy atom. The highest BCUT2D eigenvalue weighted by Gasteiger charge is 2.22. The number of anilines is 1. The number of nitrogens with two attached hydrogens (primary N) is 2. The number of carbonyl (C=O) groups excluding carboxylic acids is 2. The van der Waals surface area contributed by atoms with Crippen molar-refractivity contribution >= 4 is 41.8 Å². The number of halogens is 1. The summed E-state index contributed by atoms with van der Waals surface area (Å²) in [4.78, 5) is 40.5. The molecule has 2 aromatic carbocycles. The van der Waals surface area contributed by atoms with Gasteiger partial charge in [0.05, 0.1) is 11.3 Å². The molecule has 2 amide bonds. The van der Waals surface area contributed by atoms with E-state index in [1.54, 1.807) is 42.5 Å². The second-order valence-electron chi connectivity index (χ2n) is 6.18. The number of aromatic carboxylic acids is 1. The van der Waals surface area contributed by atoms with Crippen LogP contribution in [0.1, 0.15) is 33.6 Å². The maximum Gasteiger partial charge on any atom is 0.337 e. The average Bonchev–Trinajstić information content (AvgIpc) is 2.70. The van der Waals surface area contributed by atoms with Crippen molar-refractivity contribution in [1.82, 2.24) is 5.32 Å². The lowest BCUT2D eigenvalue weighted by molar-refractivity contribution is -0.118. The van der Waals surface area contributed by atoms with Crippen molar-refractivity contribution in [2.75, 3.05) is 11.9 Å². The Morgan fingerprint density at radius 3 is 2.27 bits per heavy atom. The molecule has 7 N–H and O–H groups in total. The number of nitrogens with zero attached hydrogens (tertiary/aromatic N) is 1. The van der Waals surface area contributed by atoms with Gasteiger partial charge in [0, 0.05) is 12.1 Å². The first-order valence-corrected chi connectivity index (χ1v) is 8.93. The number of carbonyl (C=O) groups is 3. The van der Waals surface area contributed by atoms with Gasteiger partial charge in [-0.05, 0) is 37.1 Å². The molecule has 0 spiro atoms. The predicted octanol–water partition coefficient (Wildman–Crippen LogP) is 1.60. The number of carboxylic acid groups (broad SMARTS) is 1. The van der Waals surface area contributed by atoms with E-state index in [2.05, 4.69) is 15.6 Å². The van der Waals surface area contributed by atoms with Crippen LogP contribution in [0.4, 0.5) is 5.69 Å². The van der Waals surface area contributed by atoms with E-state index >= 15 is 0 Å². The molecule has 0 saturated carbocycles. The number of carboxylic acids is 1. The van der Waals surface area contributed by atoms with E-state index in [1.165, 1.54) is 12.1 Å². The molecule has 0 bridgehead atoms. The van der Waals surface area contributed by atoms with Crippen molar-refractivity contribution in [2.24, 2.45) is 16.5 Å². The van der Waals surface area contributed by atoms with Gasteiger partial charge in [-0.2, -0.15) is 0 Å². The Hall–Kier alpha value is -3.59. The Morgan fingerprint density at radius 2 is 1.63 bits per heavy atom. The van der Waals surface area contributed by atoms with Gasteiger partial charge in [0.1, 0.15) is 6.04 Å². The SMILES string of the molecule is Cl.NC(N)=NCCC[C@H](NC(=O)c1ccccc1)C(=O)Nc1ccccc1C(=O)O. The van der Waals surface area contributed by atoms with Gasteiger partial charge in [-0.25, -0.2) is 4.79 Å². The van der Waals surface area contributed by atoms with Crippen LogP contribution in [0.15, 0.2) is 59.6 Å². The summed E-state index contributed by atoms with van der Waals surface area (Å²) in [7, 11) is 0. The first kappa shape index (κ1) is 24.4. The number of para-hydroxylation sites is 1. The second kappa shape index (κ2) is 12.1. The summed E-state index contributed by atoms with van der Waals surface area (Å²) in [5, 5.41) is 14.5. The molecule has 0 unspecified atom stereocenters. The van der Waals surface area contributed by atoms with Gasteiger partial charge in [0.2, 0.25) is 5.91 Å². The third kappa shape index (κ3) is 7.44. The summed E-state index contributed by atoms with van der Waals surface area (Å²) in [6, 6.07) is 13.6. The molecule has 0 radical (unpaired) electrons. The van der Waals surface area contributed by atoms with Crippen LogP contribution < -0.4 is 22.1 Å². The van der Waals surface area contributed by atoms with Gasteiger partial charge in [-0.1, -0.05) is 30.3 Å². The molecule has 1 atom stereocenters. The average molecular weight is 434 g/mol. The largest absolute Gasteiger partial charge is 0.478 e. The molecule has 0 fully saturated rings. The van der Waals surface area contributed by atoms with Crippen LogP contribution in [0, 0.1) is 0 Å². The van der Waals surface area contributed by atoms with Gasteiger partial charge in [-0.3, -0.25) is 14.6 Å². The van der Waals surface area contributed by atoms with Crippen molar-refractivity contribution in [1.29, 1.82) is 0 Å². The molecule has 2 rings (SSSR count). The topological polar surface area (TPSA) is 160 Å². The highest BCUT2D eigenvalue weighted by molar-refractivity contribution is 6.04. The van der Waals surface area contributed by atoms with Gasteiger partial charge in [-0.15, -0.1) is 12.4 Å². The summed E-state index contributed by atoms with van der Waals surface area (Å²) < 4.78 is 0. The molecule has 2 aromatic rings. The fourth-order valence-corrected chi connectivity index (χ4v) is 2.60. The molecular formula is C20H24ClN5O4. The minimum absolute atomic E-state index is 0. The highest BCUT2D eigenvalue weighted by Crippen LogP contribution is 2.16. The quantitative estimate of drug-likeness (QED) is 0.229. The zero-order valence-electron chi connectivity index (χ0n) is 16.1. The predicted molar refractivity (Wildman–Crippen MR) is 117 cm³/mol. The van der Waals surface area contributed by atoms with Crippen molar-refractivity contribution in [3.63, 3.8) is 0 Å².